The Morgan fingerprint density at radius 1 is 1.11 bits per heavy atom. The lowest BCUT2D eigenvalue weighted by atomic mass is 9.93. The molecule has 2 aliphatic rings. The third-order valence-corrected chi connectivity index (χ3v) is 6.40. The Bertz CT molecular complexity index is 1030. The van der Waals surface area contributed by atoms with Gasteiger partial charge in [0.1, 0.15) is 5.82 Å². The molecule has 1 amide bonds. The van der Waals surface area contributed by atoms with Crippen molar-refractivity contribution in [3.63, 3.8) is 0 Å². The molecule has 11 heteroatoms. The number of hydrogen-bond acceptors (Lipinski definition) is 4. The molecule has 190 valence electrons. The Balaban J connectivity index is 0.000000429. The number of piperidine rings is 1. The molecule has 1 fully saturated rings. The van der Waals surface area contributed by atoms with Gasteiger partial charge >= 0.3 is 12.1 Å². The molecular weight excluding hydrogens is 485 g/mol. The molecule has 1 aromatic carbocycles. The normalized spacial score (nSPS) is 19.0. The Morgan fingerprint density at radius 3 is 2.40 bits per heavy atom. The summed E-state index contributed by atoms with van der Waals surface area (Å²) in [6, 6.07) is 9.27. The van der Waals surface area contributed by atoms with Crippen LogP contribution in [0.15, 0.2) is 48.7 Å². The second kappa shape index (κ2) is 12.2. The van der Waals surface area contributed by atoms with Gasteiger partial charge in [-0.2, -0.15) is 18.3 Å². The quantitative estimate of drug-likeness (QED) is 0.523. The van der Waals surface area contributed by atoms with Crippen molar-refractivity contribution >= 4 is 29.3 Å². The van der Waals surface area contributed by atoms with Crippen LogP contribution in [0.2, 0.25) is 5.02 Å². The molecule has 1 atom stereocenters. The van der Waals surface area contributed by atoms with Gasteiger partial charge in [-0.15, -0.1) is 0 Å². The van der Waals surface area contributed by atoms with Gasteiger partial charge in [0.15, 0.2) is 0 Å². The number of aliphatic carboxylic acids is 1. The van der Waals surface area contributed by atoms with Gasteiger partial charge in [-0.3, -0.25) is 4.79 Å². The molecule has 4 rings (SSSR count). The van der Waals surface area contributed by atoms with Crippen molar-refractivity contribution in [2.45, 2.75) is 44.3 Å². The van der Waals surface area contributed by atoms with Crippen LogP contribution in [-0.2, 0) is 4.79 Å². The standard InChI is InChI=1S/C22H27ClN4O.C2HF3O2/c23-20-9-5-4-8-19(20)22(28)25-21-10-13-24-27(21)18-11-14-26(15-12-18)16-17-6-2-1-3-7-17;3-2(4,5)1(6)7/h1-2,4-5,8-10,13,17-18H,3,6-7,11-12,14-16H2,(H,25,28);(H,6,7). The number of halogens is 4. The molecule has 1 saturated heterocycles. The smallest absolute Gasteiger partial charge is 0.475 e. The van der Waals surface area contributed by atoms with Gasteiger partial charge in [0.05, 0.1) is 22.8 Å². The number of anilines is 1. The summed E-state index contributed by atoms with van der Waals surface area (Å²) >= 11 is 6.15. The average molecular weight is 513 g/mol. The first kappa shape index (κ1) is 26.7. The molecule has 0 saturated carbocycles. The molecule has 7 nitrogen and oxygen atoms in total. The fourth-order valence-corrected chi connectivity index (χ4v) is 4.49. The third kappa shape index (κ3) is 7.83. The minimum atomic E-state index is -5.08. The van der Waals surface area contributed by atoms with E-state index in [-0.39, 0.29) is 5.91 Å². The Labute approximate surface area is 206 Å². The lowest BCUT2D eigenvalue weighted by Gasteiger charge is -2.35. The Hall–Kier alpha value is -2.85. The van der Waals surface area contributed by atoms with Gasteiger partial charge in [-0.05, 0) is 50.2 Å². The number of nitrogens with zero attached hydrogens (tertiary/aromatic N) is 3. The Morgan fingerprint density at radius 2 is 1.80 bits per heavy atom. The molecule has 2 N–H and O–H groups in total. The lowest BCUT2D eigenvalue weighted by molar-refractivity contribution is -0.192. The van der Waals surface area contributed by atoms with Crippen LogP contribution in [0.25, 0.3) is 0 Å². The van der Waals surface area contributed by atoms with Gasteiger partial charge < -0.3 is 15.3 Å². The van der Waals surface area contributed by atoms with Crippen molar-refractivity contribution in [2.24, 2.45) is 5.92 Å². The van der Waals surface area contributed by atoms with Crippen LogP contribution in [0.5, 0.6) is 0 Å². The highest BCUT2D eigenvalue weighted by Gasteiger charge is 2.38. The number of aromatic nitrogens is 2. The van der Waals surface area contributed by atoms with Crippen molar-refractivity contribution < 1.29 is 27.9 Å². The molecule has 1 aromatic heterocycles. The number of amides is 1. The number of carbonyl (C=O) groups is 2. The Kier molecular flexibility index (Phi) is 9.33. The maximum atomic E-state index is 12.6. The molecule has 0 bridgehead atoms. The fourth-order valence-electron chi connectivity index (χ4n) is 4.27. The summed E-state index contributed by atoms with van der Waals surface area (Å²) in [4.78, 5) is 24.1. The van der Waals surface area contributed by atoms with Crippen LogP contribution < -0.4 is 5.32 Å². The van der Waals surface area contributed by atoms with E-state index in [4.69, 9.17) is 21.5 Å². The van der Waals surface area contributed by atoms with E-state index in [1.54, 1.807) is 18.3 Å². The second-order valence-electron chi connectivity index (χ2n) is 8.58. The van der Waals surface area contributed by atoms with Gasteiger partial charge in [-0.1, -0.05) is 35.9 Å². The summed E-state index contributed by atoms with van der Waals surface area (Å²) in [6.45, 7) is 3.37. The van der Waals surface area contributed by atoms with Crippen molar-refractivity contribution in [1.82, 2.24) is 14.7 Å². The number of benzene rings is 1. The highest BCUT2D eigenvalue weighted by molar-refractivity contribution is 6.34. The van der Waals surface area contributed by atoms with Crippen molar-refractivity contribution in [1.29, 1.82) is 0 Å². The van der Waals surface area contributed by atoms with E-state index in [0.717, 1.165) is 37.7 Å². The number of allylic oxidation sites excluding steroid dienone is 2. The minimum absolute atomic E-state index is 0.199. The molecule has 2 heterocycles. The van der Waals surface area contributed by atoms with Crippen LogP contribution >= 0.6 is 11.6 Å². The van der Waals surface area contributed by atoms with Crippen LogP contribution in [0.4, 0.5) is 19.0 Å². The summed E-state index contributed by atoms with van der Waals surface area (Å²) in [5.41, 5.74) is 0.480. The van der Waals surface area contributed by atoms with Crippen LogP contribution in [-0.4, -0.2) is 57.5 Å². The van der Waals surface area contributed by atoms with Crippen molar-refractivity contribution in [2.75, 3.05) is 25.0 Å². The third-order valence-electron chi connectivity index (χ3n) is 6.07. The molecule has 1 aliphatic heterocycles. The summed E-state index contributed by atoms with van der Waals surface area (Å²) in [6.07, 6.45) is 7.17. The minimum Gasteiger partial charge on any atom is -0.475 e. The maximum Gasteiger partial charge on any atom is 0.490 e. The number of hydrogen-bond donors (Lipinski definition) is 2. The largest absolute Gasteiger partial charge is 0.490 e. The average Bonchev–Trinajstić information content (AvgIpc) is 3.28. The van der Waals surface area contributed by atoms with Gasteiger partial charge in [0.2, 0.25) is 0 Å². The highest BCUT2D eigenvalue weighted by Crippen LogP contribution is 2.28. The molecule has 2 aromatic rings. The molecule has 1 unspecified atom stereocenters. The first-order valence-electron chi connectivity index (χ1n) is 11.4. The number of rotatable bonds is 5. The number of likely N-dealkylation sites (tertiary alicyclic amines) is 1. The summed E-state index contributed by atoms with van der Waals surface area (Å²) in [5, 5.41) is 15.0. The van der Waals surface area contributed by atoms with Gasteiger partial charge in [-0.25, -0.2) is 9.48 Å². The van der Waals surface area contributed by atoms with E-state index < -0.39 is 12.1 Å². The van der Waals surface area contributed by atoms with E-state index in [2.05, 4.69) is 27.5 Å². The van der Waals surface area contributed by atoms with Crippen LogP contribution in [0, 0.1) is 5.92 Å². The van der Waals surface area contributed by atoms with E-state index in [1.807, 2.05) is 22.9 Å². The fraction of sp³-hybridized carbons (Fsp3) is 0.458. The van der Waals surface area contributed by atoms with E-state index in [0.29, 0.717) is 16.6 Å². The van der Waals surface area contributed by atoms with E-state index in [1.165, 1.54) is 25.8 Å². The highest BCUT2D eigenvalue weighted by atomic mass is 35.5. The van der Waals surface area contributed by atoms with Crippen molar-refractivity contribution in [3.05, 3.63) is 59.3 Å². The van der Waals surface area contributed by atoms with Gasteiger partial charge in [0.25, 0.3) is 5.91 Å². The molecule has 0 spiro atoms. The maximum absolute atomic E-state index is 12.6. The zero-order chi connectivity index (χ0) is 25.4. The summed E-state index contributed by atoms with van der Waals surface area (Å²) in [5.74, 6) is -1.42. The van der Waals surface area contributed by atoms with Crippen molar-refractivity contribution in [3.8, 4) is 0 Å². The van der Waals surface area contributed by atoms with Crippen LogP contribution in [0.3, 0.4) is 0 Å². The van der Waals surface area contributed by atoms with Crippen LogP contribution in [0.1, 0.15) is 48.5 Å². The number of carboxylic acids is 1. The monoisotopic (exact) mass is 512 g/mol. The van der Waals surface area contributed by atoms with E-state index in [9.17, 15) is 18.0 Å². The predicted octanol–water partition coefficient (Wildman–Crippen LogP) is 5.42. The molecule has 0 radical (unpaired) electrons. The number of nitrogens with one attached hydrogen (secondary N) is 1. The summed E-state index contributed by atoms with van der Waals surface area (Å²) in [7, 11) is 0. The second-order valence-corrected chi connectivity index (χ2v) is 8.99. The number of alkyl halides is 3. The summed E-state index contributed by atoms with van der Waals surface area (Å²) < 4.78 is 33.7. The SMILES string of the molecule is O=C(Nc1ccnn1C1CCN(CC2CC=CCC2)CC1)c1ccccc1Cl.O=C(O)C(F)(F)F. The number of carboxylic acid groups (broad SMARTS) is 1. The first-order chi connectivity index (χ1) is 16.6. The number of carbonyl (C=O) groups excluding carboxylic acids is 1. The first-order valence-corrected chi connectivity index (χ1v) is 11.8. The van der Waals surface area contributed by atoms with E-state index >= 15 is 0 Å². The molecule has 1 aliphatic carbocycles. The predicted molar refractivity (Wildman–Crippen MR) is 127 cm³/mol. The van der Waals surface area contributed by atoms with Gasteiger partial charge in [0, 0.05) is 25.7 Å². The lowest BCUT2D eigenvalue weighted by Crippen LogP contribution is -2.38. The molecule has 35 heavy (non-hydrogen) atoms. The molecular formula is C24H28ClF3N4O3. The topological polar surface area (TPSA) is 87.5 Å². The zero-order valence-electron chi connectivity index (χ0n) is 19.0. The zero-order valence-corrected chi connectivity index (χ0v) is 19.8.